The molecule has 0 aromatic heterocycles. The third-order valence-corrected chi connectivity index (χ3v) is 8.49. The Hall–Kier alpha value is -3.54. The van der Waals surface area contributed by atoms with Crippen molar-refractivity contribution in [1.29, 1.82) is 0 Å². The van der Waals surface area contributed by atoms with Crippen LogP contribution in [-0.4, -0.2) is 24.9 Å². The SMILES string of the molecule is C1=C[C@@H]2[C@@H](OCc3ccccc3)[C@H](OCc3ccccc3)[C@H](OCc3ccccc3)[C@H]2[C@H](COCc2ccccc2)C1. The molecule has 6 atom stereocenters. The topological polar surface area (TPSA) is 36.9 Å². The van der Waals surface area contributed by atoms with Crippen LogP contribution >= 0.6 is 0 Å². The van der Waals surface area contributed by atoms with E-state index in [1.807, 2.05) is 24.3 Å². The molecular weight excluding hydrogens is 520 g/mol. The summed E-state index contributed by atoms with van der Waals surface area (Å²) in [5.41, 5.74) is 4.66. The number of rotatable bonds is 13. The smallest absolute Gasteiger partial charge is 0.111 e. The largest absolute Gasteiger partial charge is 0.376 e. The first-order chi connectivity index (χ1) is 20.8. The fraction of sp³-hybridized carbons (Fsp3) is 0.316. The van der Waals surface area contributed by atoms with E-state index in [9.17, 15) is 0 Å². The van der Waals surface area contributed by atoms with E-state index < -0.39 is 0 Å². The molecule has 42 heavy (non-hydrogen) atoms. The summed E-state index contributed by atoms with van der Waals surface area (Å²) in [5, 5.41) is 0. The second kappa shape index (κ2) is 14.6. The van der Waals surface area contributed by atoms with Gasteiger partial charge in [0, 0.05) is 11.8 Å². The molecule has 2 aliphatic rings. The van der Waals surface area contributed by atoms with Crippen LogP contribution in [0.5, 0.6) is 0 Å². The Morgan fingerprint density at radius 2 is 0.905 bits per heavy atom. The Bertz CT molecular complexity index is 1360. The third kappa shape index (κ3) is 7.26. The summed E-state index contributed by atoms with van der Waals surface area (Å²) in [7, 11) is 0. The molecule has 216 valence electrons. The Balaban J connectivity index is 1.25. The molecule has 0 amide bonds. The van der Waals surface area contributed by atoms with Crippen LogP contribution in [0.3, 0.4) is 0 Å². The van der Waals surface area contributed by atoms with Gasteiger partial charge in [-0.2, -0.15) is 0 Å². The lowest BCUT2D eigenvalue weighted by atomic mass is 9.76. The minimum absolute atomic E-state index is 0.130. The summed E-state index contributed by atoms with van der Waals surface area (Å²) in [5.74, 6) is 0.697. The van der Waals surface area contributed by atoms with Gasteiger partial charge in [0.1, 0.15) is 6.10 Å². The van der Waals surface area contributed by atoms with Crippen molar-refractivity contribution in [1.82, 2.24) is 0 Å². The molecule has 0 saturated heterocycles. The summed E-state index contributed by atoms with van der Waals surface area (Å²) in [6, 6.07) is 41.6. The molecule has 0 aliphatic heterocycles. The van der Waals surface area contributed by atoms with Gasteiger partial charge in [-0.3, -0.25) is 0 Å². The van der Waals surface area contributed by atoms with Crippen molar-refractivity contribution in [3.8, 4) is 0 Å². The summed E-state index contributed by atoms with van der Waals surface area (Å²) < 4.78 is 26.7. The zero-order chi connectivity index (χ0) is 28.4. The van der Waals surface area contributed by atoms with Crippen molar-refractivity contribution in [2.24, 2.45) is 17.8 Å². The van der Waals surface area contributed by atoms with Crippen LogP contribution in [-0.2, 0) is 45.4 Å². The minimum Gasteiger partial charge on any atom is -0.376 e. The standard InChI is InChI=1S/C38H40O4/c1-5-14-29(15-6-1)24-39-28-33-22-13-23-34-35(33)37(41-26-31-18-9-3-10-19-31)38(42-27-32-20-11-4-12-21-32)36(34)40-25-30-16-7-2-8-17-30/h1-21,23,33-38H,22,24-28H2/t33-,34-,35-,36+,37+,38-/m0/s1. The van der Waals surface area contributed by atoms with Crippen LogP contribution in [0.4, 0.5) is 0 Å². The number of hydrogen-bond acceptors (Lipinski definition) is 4. The Kier molecular flexibility index (Phi) is 9.91. The van der Waals surface area contributed by atoms with Crippen molar-refractivity contribution >= 4 is 0 Å². The van der Waals surface area contributed by atoms with Gasteiger partial charge in [-0.1, -0.05) is 133 Å². The lowest BCUT2D eigenvalue weighted by molar-refractivity contribution is -0.131. The molecule has 4 nitrogen and oxygen atoms in total. The number of fused-ring (bicyclic) bond motifs is 1. The Labute approximate surface area is 249 Å². The fourth-order valence-electron chi connectivity index (χ4n) is 6.43. The molecule has 6 rings (SSSR count). The summed E-state index contributed by atoms with van der Waals surface area (Å²) >= 11 is 0. The molecule has 0 spiro atoms. The van der Waals surface area contributed by atoms with Crippen LogP contribution in [0, 0.1) is 17.8 Å². The van der Waals surface area contributed by atoms with Crippen LogP contribution in [0.15, 0.2) is 133 Å². The van der Waals surface area contributed by atoms with Gasteiger partial charge >= 0.3 is 0 Å². The van der Waals surface area contributed by atoms with E-state index in [1.165, 1.54) is 5.56 Å². The van der Waals surface area contributed by atoms with Crippen molar-refractivity contribution in [3.63, 3.8) is 0 Å². The van der Waals surface area contributed by atoms with Gasteiger partial charge in [-0.15, -0.1) is 0 Å². The third-order valence-electron chi connectivity index (χ3n) is 8.49. The molecule has 0 radical (unpaired) electrons. The highest BCUT2D eigenvalue weighted by Gasteiger charge is 2.55. The molecule has 4 heteroatoms. The second-order valence-corrected chi connectivity index (χ2v) is 11.4. The summed E-state index contributed by atoms with van der Waals surface area (Å²) in [4.78, 5) is 0. The average Bonchev–Trinajstić information content (AvgIpc) is 3.36. The molecule has 1 fully saturated rings. The maximum atomic E-state index is 6.84. The number of allylic oxidation sites excluding steroid dienone is 1. The van der Waals surface area contributed by atoms with E-state index in [4.69, 9.17) is 18.9 Å². The van der Waals surface area contributed by atoms with E-state index in [0.29, 0.717) is 39.0 Å². The van der Waals surface area contributed by atoms with E-state index in [-0.39, 0.29) is 30.1 Å². The maximum Gasteiger partial charge on any atom is 0.111 e. The fourth-order valence-corrected chi connectivity index (χ4v) is 6.43. The molecule has 1 saturated carbocycles. The minimum atomic E-state index is -0.216. The number of ether oxygens (including phenoxy) is 4. The molecular formula is C38H40O4. The maximum absolute atomic E-state index is 6.84. The van der Waals surface area contributed by atoms with Crippen molar-refractivity contribution in [3.05, 3.63) is 156 Å². The molecule has 4 aromatic carbocycles. The lowest BCUT2D eigenvalue weighted by Gasteiger charge is -2.34. The predicted molar refractivity (Wildman–Crippen MR) is 165 cm³/mol. The zero-order valence-corrected chi connectivity index (χ0v) is 24.0. The van der Waals surface area contributed by atoms with Gasteiger partial charge in [-0.05, 0) is 34.6 Å². The monoisotopic (exact) mass is 560 g/mol. The zero-order valence-electron chi connectivity index (χ0n) is 24.0. The van der Waals surface area contributed by atoms with Gasteiger partial charge in [0.15, 0.2) is 0 Å². The number of hydrogen-bond donors (Lipinski definition) is 0. The van der Waals surface area contributed by atoms with Gasteiger partial charge < -0.3 is 18.9 Å². The second-order valence-electron chi connectivity index (χ2n) is 11.4. The van der Waals surface area contributed by atoms with Crippen LogP contribution in [0.1, 0.15) is 28.7 Å². The normalized spacial score (nSPS) is 24.9. The Morgan fingerprint density at radius 1 is 0.476 bits per heavy atom. The molecule has 4 aromatic rings. The molecule has 2 aliphatic carbocycles. The van der Waals surface area contributed by atoms with Gasteiger partial charge in [0.2, 0.25) is 0 Å². The van der Waals surface area contributed by atoms with Crippen LogP contribution < -0.4 is 0 Å². The van der Waals surface area contributed by atoms with Crippen LogP contribution in [0.25, 0.3) is 0 Å². The van der Waals surface area contributed by atoms with E-state index in [0.717, 1.165) is 23.1 Å². The van der Waals surface area contributed by atoms with Gasteiger partial charge in [-0.25, -0.2) is 0 Å². The predicted octanol–water partition coefficient (Wildman–Crippen LogP) is 7.78. The van der Waals surface area contributed by atoms with E-state index in [1.54, 1.807) is 0 Å². The van der Waals surface area contributed by atoms with E-state index >= 15 is 0 Å². The summed E-state index contributed by atoms with van der Waals surface area (Å²) in [6.45, 7) is 2.86. The highest BCUT2D eigenvalue weighted by molar-refractivity contribution is 5.19. The molecule has 0 heterocycles. The van der Waals surface area contributed by atoms with Crippen molar-refractivity contribution < 1.29 is 18.9 Å². The van der Waals surface area contributed by atoms with Crippen molar-refractivity contribution in [2.45, 2.75) is 51.2 Å². The van der Waals surface area contributed by atoms with Crippen LogP contribution in [0.2, 0.25) is 0 Å². The quantitative estimate of drug-likeness (QED) is 0.157. The highest BCUT2D eigenvalue weighted by atomic mass is 16.6. The average molecular weight is 561 g/mol. The first-order valence-corrected chi connectivity index (χ1v) is 15.1. The summed E-state index contributed by atoms with van der Waals surface area (Å²) in [6.07, 6.45) is 5.14. The van der Waals surface area contributed by atoms with E-state index in [2.05, 4.69) is 109 Å². The first-order valence-electron chi connectivity index (χ1n) is 15.1. The van der Waals surface area contributed by atoms with Gasteiger partial charge in [0.05, 0.1) is 45.2 Å². The Morgan fingerprint density at radius 3 is 1.40 bits per heavy atom. The molecule has 0 N–H and O–H groups in total. The van der Waals surface area contributed by atoms with Gasteiger partial charge in [0.25, 0.3) is 0 Å². The molecule has 0 unspecified atom stereocenters. The molecule has 0 bridgehead atoms. The highest BCUT2D eigenvalue weighted by Crippen LogP contribution is 2.47. The lowest BCUT2D eigenvalue weighted by Crippen LogP contribution is -2.39. The number of benzene rings is 4. The van der Waals surface area contributed by atoms with Crippen molar-refractivity contribution in [2.75, 3.05) is 6.61 Å². The first kappa shape index (κ1) is 28.6.